The Morgan fingerprint density at radius 2 is 1.73 bits per heavy atom. The van der Waals surface area contributed by atoms with E-state index in [9.17, 15) is 18.0 Å². The first kappa shape index (κ1) is 20.5. The van der Waals surface area contributed by atoms with Crippen molar-refractivity contribution in [1.82, 2.24) is 15.4 Å². The van der Waals surface area contributed by atoms with Crippen LogP contribution in [0.15, 0.2) is 29.2 Å². The summed E-state index contributed by atoms with van der Waals surface area (Å²) in [7, 11) is -3.93. The molecule has 0 unspecified atom stereocenters. The number of amides is 3. The highest BCUT2D eigenvalue weighted by molar-refractivity contribution is 7.90. The molecule has 3 amide bonds. The Labute approximate surface area is 158 Å². The van der Waals surface area contributed by atoms with Crippen molar-refractivity contribution in [3.05, 3.63) is 29.8 Å². The third-order valence-electron chi connectivity index (χ3n) is 4.24. The molecule has 1 saturated carbocycles. The summed E-state index contributed by atoms with van der Waals surface area (Å²) in [6.45, 7) is 1.92. The van der Waals surface area contributed by atoms with Gasteiger partial charge in [0, 0.05) is 24.9 Å². The van der Waals surface area contributed by atoms with Crippen molar-refractivity contribution in [2.45, 2.75) is 55.3 Å². The van der Waals surface area contributed by atoms with Crippen molar-refractivity contribution < 1.29 is 18.0 Å². The molecule has 1 fully saturated rings. The minimum atomic E-state index is -3.93. The summed E-state index contributed by atoms with van der Waals surface area (Å²) in [6, 6.07) is 5.43. The molecular formula is C17H24ClN3O4S. The van der Waals surface area contributed by atoms with Crippen LogP contribution in [0.4, 0.5) is 4.79 Å². The summed E-state index contributed by atoms with van der Waals surface area (Å²) in [6.07, 6.45) is 3.69. The number of halogens is 1. The van der Waals surface area contributed by atoms with Gasteiger partial charge < -0.3 is 10.6 Å². The molecule has 3 N–H and O–H groups in total. The first-order valence-corrected chi connectivity index (χ1v) is 10.5. The molecular weight excluding hydrogens is 378 g/mol. The number of sulfonamides is 1. The van der Waals surface area contributed by atoms with Gasteiger partial charge in [-0.05, 0) is 49.8 Å². The monoisotopic (exact) mass is 401 g/mol. The zero-order chi connectivity index (χ0) is 19.2. The molecule has 0 heterocycles. The zero-order valence-electron chi connectivity index (χ0n) is 14.6. The molecule has 0 saturated heterocycles. The molecule has 0 aliphatic heterocycles. The maximum absolute atomic E-state index is 12.3. The van der Waals surface area contributed by atoms with Crippen LogP contribution in [0.25, 0.3) is 0 Å². The van der Waals surface area contributed by atoms with Gasteiger partial charge in [0.25, 0.3) is 10.0 Å². The van der Waals surface area contributed by atoms with Gasteiger partial charge in [-0.15, -0.1) is 11.6 Å². The van der Waals surface area contributed by atoms with E-state index < -0.39 is 16.1 Å². The number of hydrogen-bond acceptors (Lipinski definition) is 4. The SMILES string of the molecule is CC(=O)NCCc1ccc(S(=O)(=O)NC(=O)NC2CCC(Cl)CC2)cc1. The van der Waals surface area contributed by atoms with Gasteiger partial charge in [-0.2, -0.15) is 0 Å². The van der Waals surface area contributed by atoms with E-state index in [1.165, 1.54) is 19.1 Å². The van der Waals surface area contributed by atoms with Gasteiger partial charge >= 0.3 is 6.03 Å². The van der Waals surface area contributed by atoms with Crippen molar-refractivity contribution in [3.63, 3.8) is 0 Å². The summed E-state index contributed by atoms with van der Waals surface area (Å²) < 4.78 is 26.6. The molecule has 1 aromatic carbocycles. The van der Waals surface area contributed by atoms with E-state index >= 15 is 0 Å². The van der Waals surface area contributed by atoms with E-state index in [0.29, 0.717) is 13.0 Å². The van der Waals surface area contributed by atoms with Crippen LogP contribution < -0.4 is 15.4 Å². The number of hydrogen-bond donors (Lipinski definition) is 3. The molecule has 0 spiro atoms. The van der Waals surface area contributed by atoms with Crippen molar-refractivity contribution in [2.24, 2.45) is 0 Å². The first-order chi connectivity index (χ1) is 12.3. The average molecular weight is 402 g/mol. The smallest absolute Gasteiger partial charge is 0.328 e. The highest BCUT2D eigenvalue weighted by Crippen LogP contribution is 2.22. The van der Waals surface area contributed by atoms with Crippen LogP contribution in [0.2, 0.25) is 0 Å². The summed E-state index contributed by atoms with van der Waals surface area (Å²) in [5, 5.41) is 5.49. The quantitative estimate of drug-likeness (QED) is 0.633. The highest BCUT2D eigenvalue weighted by Gasteiger charge is 2.23. The minimum absolute atomic E-state index is 0.0143. The fourth-order valence-electron chi connectivity index (χ4n) is 2.81. The van der Waals surface area contributed by atoms with Crippen LogP contribution in [0.3, 0.4) is 0 Å². The van der Waals surface area contributed by atoms with Crippen molar-refractivity contribution in [3.8, 4) is 0 Å². The predicted molar refractivity (Wildman–Crippen MR) is 99.6 cm³/mol. The number of benzene rings is 1. The Hall–Kier alpha value is -1.80. The zero-order valence-corrected chi connectivity index (χ0v) is 16.2. The Morgan fingerprint density at radius 3 is 2.31 bits per heavy atom. The summed E-state index contributed by atoms with van der Waals surface area (Å²) in [5.74, 6) is -0.112. The lowest BCUT2D eigenvalue weighted by Crippen LogP contribution is -2.45. The van der Waals surface area contributed by atoms with Gasteiger partial charge in [0.05, 0.1) is 4.90 Å². The molecule has 1 aromatic rings. The standard InChI is InChI=1S/C17H24ClN3O4S/c1-12(22)19-11-10-13-2-8-16(9-3-13)26(24,25)21-17(23)20-15-6-4-14(18)5-7-15/h2-3,8-9,14-15H,4-7,10-11H2,1H3,(H,19,22)(H2,20,21,23). The lowest BCUT2D eigenvalue weighted by atomic mass is 9.95. The normalized spacial score (nSPS) is 20.2. The van der Waals surface area contributed by atoms with E-state index in [4.69, 9.17) is 11.6 Å². The van der Waals surface area contributed by atoms with Gasteiger partial charge in [0.15, 0.2) is 0 Å². The van der Waals surface area contributed by atoms with Gasteiger partial charge in [-0.1, -0.05) is 12.1 Å². The number of urea groups is 1. The second kappa shape index (κ2) is 9.23. The molecule has 2 rings (SSSR count). The lowest BCUT2D eigenvalue weighted by Gasteiger charge is -2.25. The van der Waals surface area contributed by atoms with Crippen LogP contribution in [-0.2, 0) is 21.2 Å². The number of carbonyl (C=O) groups excluding carboxylic acids is 2. The number of rotatable bonds is 6. The van der Waals surface area contributed by atoms with Crippen molar-refractivity contribution >= 4 is 33.6 Å². The van der Waals surface area contributed by atoms with E-state index in [1.807, 2.05) is 4.72 Å². The molecule has 0 atom stereocenters. The highest BCUT2D eigenvalue weighted by atomic mass is 35.5. The Kier molecular flexibility index (Phi) is 7.28. The second-order valence-corrected chi connectivity index (χ2v) is 8.70. The van der Waals surface area contributed by atoms with Gasteiger partial charge in [-0.25, -0.2) is 17.9 Å². The summed E-state index contributed by atoms with van der Waals surface area (Å²) >= 11 is 6.02. The maximum atomic E-state index is 12.3. The maximum Gasteiger partial charge on any atom is 0.328 e. The van der Waals surface area contributed by atoms with Gasteiger partial charge in [0.1, 0.15) is 0 Å². The lowest BCUT2D eigenvalue weighted by molar-refractivity contribution is -0.118. The van der Waals surface area contributed by atoms with Crippen LogP contribution in [0, 0.1) is 0 Å². The van der Waals surface area contributed by atoms with E-state index in [2.05, 4.69) is 10.6 Å². The topological polar surface area (TPSA) is 104 Å². The molecule has 7 nitrogen and oxygen atoms in total. The molecule has 0 radical (unpaired) electrons. The molecule has 144 valence electrons. The average Bonchev–Trinajstić information content (AvgIpc) is 2.56. The fraction of sp³-hybridized carbons (Fsp3) is 0.529. The molecule has 1 aliphatic carbocycles. The van der Waals surface area contributed by atoms with E-state index in [-0.39, 0.29) is 22.2 Å². The largest absolute Gasteiger partial charge is 0.356 e. The molecule has 1 aliphatic rings. The fourth-order valence-corrected chi connectivity index (χ4v) is 3.98. The Morgan fingerprint density at radius 1 is 1.12 bits per heavy atom. The molecule has 0 bridgehead atoms. The predicted octanol–water partition coefficient (Wildman–Crippen LogP) is 1.90. The number of nitrogens with one attached hydrogen (secondary N) is 3. The first-order valence-electron chi connectivity index (χ1n) is 8.57. The van der Waals surface area contributed by atoms with Crippen LogP contribution in [-0.4, -0.2) is 38.3 Å². The summed E-state index contributed by atoms with van der Waals surface area (Å²) in [4.78, 5) is 22.8. The third-order valence-corrected chi connectivity index (χ3v) is 6.02. The van der Waals surface area contributed by atoms with Gasteiger partial charge in [-0.3, -0.25) is 4.79 Å². The third kappa shape index (κ3) is 6.49. The number of alkyl halides is 1. The number of carbonyl (C=O) groups is 2. The van der Waals surface area contributed by atoms with E-state index in [1.54, 1.807) is 12.1 Å². The second-order valence-electron chi connectivity index (χ2n) is 6.40. The van der Waals surface area contributed by atoms with Gasteiger partial charge in [0.2, 0.25) is 5.91 Å². The Balaban J connectivity index is 1.88. The van der Waals surface area contributed by atoms with E-state index in [0.717, 1.165) is 31.2 Å². The minimum Gasteiger partial charge on any atom is -0.356 e. The summed E-state index contributed by atoms with van der Waals surface area (Å²) in [5.41, 5.74) is 0.889. The van der Waals surface area contributed by atoms with Crippen LogP contribution in [0.5, 0.6) is 0 Å². The molecule has 0 aromatic heterocycles. The van der Waals surface area contributed by atoms with Crippen molar-refractivity contribution in [2.75, 3.05) is 6.54 Å². The van der Waals surface area contributed by atoms with Crippen LogP contribution in [0.1, 0.15) is 38.2 Å². The molecule has 9 heteroatoms. The van der Waals surface area contributed by atoms with Crippen LogP contribution >= 0.6 is 11.6 Å². The Bertz CT molecular complexity index is 729. The van der Waals surface area contributed by atoms with Crippen molar-refractivity contribution in [1.29, 1.82) is 0 Å². The molecule has 26 heavy (non-hydrogen) atoms.